The van der Waals surface area contributed by atoms with E-state index in [-0.39, 0.29) is 18.3 Å². The summed E-state index contributed by atoms with van der Waals surface area (Å²) in [6.45, 7) is 1.15. The van der Waals surface area contributed by atoms with Gasteiger partial charge in [0.1, 0.15) is 0 Å². The van der Waals surface area contributed by atoms with Gasteiger partial charge in [-0.25, -0.2) is 4.39 Å². The summed E-state index contributed by atoms with van der Waals surface area (Å²) in [4.78, 5) is 11.1. The van der Waals surface area contributed by atoms with Crippen LogP contribution in [0.2, 0.25) is 0 Å². The van der Waals surface area contributed by atoms with E-state index in [0.29, 0.717) is 17.0 Å². The fourth-order valence-corrected chi connectivity index (χ4v) is 1.69. The molecule has 0 aliphatic rings. The smallest absolute Gasteiger partial charge is 0.221 e. The van der Waals surface area contributed by atoms with E-state index in [0.717, 1.165) is 0 Å². The summed E-state index contributed by atoms with van der Waals surface area (Å²) in [5, 5.41) is 11.5. The quantitative estimate of drug-likeness (QED) is 0.901. The molecule has 0 saturated carbocycles. The lowest BCUT2D eigenvalue weighted by atomic mass is 10.2. The van der Waals surface area contributed by atoms with E-state index >= 15 is 0 Å². The van der Waals surface area contributed by atoms with E-state index in [2.05, 4.69) is 5.32 Å². The van der Waals surface area contributed by atoms with E-state index < -0.39 is 5.82 Å². The number of hydrogen-bond acceptors (Lipinski definition) is 3. The normalized spacial score (nSPS) is 10.2. The first-order chi connectivity index (χ1) is 9.60. The van der Waals surface area contributed by atoms with Crippen molar-refractivity contribution in [2.45, 2.75) is 13.5 Å². The second-order valence-electron chi connectivity index (χ2n) is 4.20. The van der Waals surface area contributed by atoms with Gasteiger partial charge >= 0.3 is 0 Å². The second-order valence-corrected chi connectivity index (χ2v) is 4.20. The van der Waals surface area contributed by atoms with Crippen LogP contribution in [-0.2, 0) is 11.4 Å². The fourth-order valence-electron chi connectivity index (χ4n) is 1.69. The molecule has 2 aromatic carbocycles. The summed E-state index contributed by atoms with van der Waals surface area (Å²) < 4.78 is 19.3. The average molecular weight is 275 g/mol. The molecule has 104 valence electrons. The minimum Gasteiger partial charge on any atom is -0.452 e. The highest BCUT2D eigenvalue weighted by Gasteiger charge is 2.09. The largest absolute Gasteiger partial charge is 0.452 e. The van der Waals surface area contributed by atoms with Gasteiger partial charge in [0, 0.05) is 6.92 Å². The highest BCUT2D eigenvalue weighted by atomic mass is 19.1. The Kier molecular flexibility index (Phi) is 4.32. The molecular weight excluding hydrogens is 261 g/mol. The van der Waals surface area contributed by atoms with Crippen molar-refractivity contribution in [3.8, 4) is 11.5 Å². The Morgan fingerprint density at radius 3 is 2.65 bits per heavy atom. The van der Waals surface area contributed by atoms with Crippen molar-refractivity contribution in [2.75, 3.05) is 5.32 Å². The van der Waals surface area contributed by atoms with Crippen LogP contribution in [0.25, 0.3) is 0 Å². The molecule has 0 heterocycles. The Morgan fingerprint density at radius 2 is 2.00 bits per heavy atom. The van der Waals surface area contributed by atoms with Gasteiger partial charge < -0.3 is 15.2 Å². The summed E-state index contributed by atoms with van der Waals surface area (Å²) in [6.07, 6.45) is 0. The number of para-hydroxylation sites is 2. The Hall–Kier alpha value is -2.40. The Balaban J connectivity index is 2.28. The van der Waals surface area contributed by atoms with Crippen LogP contribution in [0.3, 0.4) is 0 Å². The van der Waals surface area contributed by atoms with E-state index in [9.17, 15) is 9.18 Å². The second kappa shape index (κ2) is 6.16. The number of halogens is 1. The third kappa shape index (κ3) is 3.33. The van der Waals surface area contributed by atoms with Gasteiger partial charge in [-0.05, 0) is 29.8 Å². The maximum atomic E-state index is 13.8. The van der Waals surface area contributed by atoms with E-state index in [1.54, 1.807) is 30.3 Å². The first-order valence-corrected chi connectivity index (χ1v) is 6.04. The molecule has 0 aliphatic heterocycles. The number of rotatable bonds is 4. The Labute approximate surface area is 115 Å². The number of carbonyl (C=O) groups is 1. The first-order valence-electron chi connectivity index (χ1n) is 6.04. The minimum atomic E-state index is -0.575. The molecule has 0 aromatic heterocycles. The van der Waals surface area contributed by atoms with E-state index in [1.807, 2.05) is 0 Å². The Bertz CT molecular complexity index is 628. The van der Waals surface area contributed by atoms with Gasteiger partial charge in [0.05, 0.1) is 12.3 Å². The van der Waals surface area contributed by atoms with Gasteiger partial charge in [-0.15, -0.1) is 0 Å². The van der Waals surface area contributed by atoms with Crippen LogP contribution in [0.5, 0.6) is 11.5 Å². The van der Waals surface area contributed by atoms with E-state index in [4.69, 9.17) is 9.84 Å². The Morgan fingerprint density at radius 1 is 1.25 bits per heavy atom. The molecular formula is C15H14FNO3. The zero-order valence-electron chi connectivity index (χ0n) is 10.9. The van der Waals surface area contributed by atoms with Crippen molar-refractivity contribution in [3.05, 3.63) is 53.8 Å². The maximum Gasteiger partial charge on any atom is 0.221 e. The molecule has 4 nitrogen and oxygen atoms in total. The average Bonchev–Trinajstić information content (AvgIpc) is 2.42. The number of nitrogens with one attached hydrogen (secondary N) is 1. The maximum absolute atomic E-state index is 13.8. The van der Waals surface area contributed by atoms with Crippen LogP contribution in [0.4, 0.5) is 10.1 Å². The number of ether oxygens (including phenoxy) is 1. The zero-order chi connectivity index (χ0) is 14.5. The number of carbonyl (C=O) groups excluding carboxylic acids is 1. The molecule has 5 heteroatoms. The lowest BCUT2D eigenvalue weighted by Gasteiger charge is -2.12. The van der Waals surface area contributed by atoms with Crippen LogP contribution >= 0.6 is 0 Å². The molecule has 2 N–H and O–H groups in total. The van der Waals surface area contributed by atoms with Gasteiger partial charge in [-0.2, -0.15) is 0 Å². The zero-order valence-corrected chi connectivity index (χ0v) is 10.9. The number of aliphatic hydroxyl groups is 1. The van der Waals surface area contributed by atoms with Crippen molar-refractivity contribution in [1.29, 1.82) is 0 Å². The molecule has 20 heavy (non-hydrogen) atoms. The molecule has 0 saturated heterocycles. The molecule has 0 radical (unpaired) electrons. The molecule has 0 spiro atoms. The molecule has 0 bridgehead atoms. The van der Waals surface area contributed by atoms with Crippen molar-refractivity contribution in [1.82, 2.24) is 0 Å². The molecule has 0 aliphatic carbocycles. The topological polar surface area (TPSA) is 58.6 Å². The highest BCUT2D eigenvalue weighted by molar-refractivity contribution is 5.90. The van der Waals surface area contributed by atoms with Crippen LogP contribution in [0.1, 0.15) is 12.5 Å². The molecule has 0 atom stereocenters. The number of hydrogen-bond donors (Lipinski definition) is 2. The predicted molar refractivity (Wildman–Crippen MR) is 73.1 cm³/mol. The third-order valence-electron chi connectivity index (χ3n) is 2.60. The van der Waals surface area contributed by atoms with E-state index in [1.165, 1.54) is 19.1 Å². The highest BCUT2D eigenvalue weighted by Crippen LogP contribution is 2.31. The molecule has 2 aromatic rings. The lowest BCUT2D eigenvalue weighted by molar-refractivity contribution is -0.114. The van der Waals surface area contributed by atoms with Gasteiger partial charge in [0.25, 0.3) is 0 Å². The van der Waals surface area contributed by atoms with Crippen LogP contribution in [0.15, 0.2) is 42.5 Å². The van der Waals surface area contributed by atoms with Gasteiger partial charge in [0.15, 0.2) is 17.3 Å². The molecule has 1 amide bonds. The number of amides is 1. The number of anilines is 1. The van der Waals surface area contributed by atoms with Gasteiger partial charge in [-0.3, -0.25) is 4.79 Å². The number of aliphatic hydroxyl groups excluding tert-OH is 1. The summed E-state index contributed by atoms with van der Waals surface area (Å²) in [7, 11) is 0. The van der Waals surface area contributed by atoms with Gasteiger partial charge in [0.2, 0.25) is 5.91 Å². The summed E-state index contributed by atoms with van der Waals surface area (Å²) in [5.74, 6) is -0.440. The van der Waals surface area contributed by atoms with Crippen LogP contribution in [0, 0.1) is 5.82 Å². The predicted octanol–water partition coefficient (Wildman–Crippen LogP) is 3.07. The first kappa shape index (κ1) is 14.0. The standard InChI is InChI=1S/C15H14FNO3/c1-10(19)17-13-4-2-3-5-15(13)20-14-7-6-11(9-18)8-12(14)16/h2-8,18H,9H2,1H3,(H,17,19). The summed E-state index contributed by atoms with van der Waals surface area (Å²) in [6, 6.07) is 11.0. The minimum absolute atomic E-state index is 0.0278. The fraction of sp³-hybridized carbons (Fsp3) is 0.133. The summed E-state index contributed by atoms with van der Waals surface area (Å²) >= 11 is 0. The van der Waals surface area contributed by atoms with Crippen molar-refractivity contribution in [2.24, 2.45) is 0 Å². The third-order valence-corrected chi connectivity index (χ3v) is 2.60. The number of benzene rings is 2. The molecule has 2 rings (SSSR count). The van der Waals surface area contributed by atoms with Gasteiger partial charge in [-0.1, -0.05) is 18.2 Å². The van der Waals surface area contributed by atoms with Crippen LogP contribution < -0.4 is 10.1 Å². The molecule has 0 unspecified atom stereocenters. The van der Waals surface area contributed by atoms with Crippen molar-refractivity contribution in [3.63, 3.8) is 0 Å². The SMILES string of the molecule is CC(=O)Nc1ccccc1Oc1ccc(CO)cc1F. The van der Waals surface area contributed by atoms with Crippen LogP contribution in [-0.4, -0.2) is 11.0 Å². The molecule has 0 fully saturated rings. The monoisotopic (exact) mass is 275 g/mol. The summed E-state index contributed by atoms with van der Waals surface area (Å²) in [5.41, 5.74) is 0.927. The lowest BCUT2D eigenvalue weighted by Crippen LogP contribution is -2.06. The van der Waals surface area contributed by atoms with Crippen molar-refractivity contribution >= 4 is 11.6 Å². The van der Waals surface area contributed by atoms with Crippen molar-refractivity contribution < 1.29 is 19.0 Å².